The number of aliphatic carboxylic acids is 1. The summed E-state index contributed by atoms with van der Waals surface area (Å²) in [6.07, 6.45) is 0.127. The minimum Gasteiger partial charge on any atom is -0.482 e. The van der Waals surface area contributed by atoms with Crippen LogP contribution in [0.2, 0.25) is 0 Å². The molecular weight excluding hydrogens is 388 g/mol. The summed E-state index contributed by atoms with van der Waals surface area (Å²) in [5, 5.41) is 18.6. The maximum absolute atomic E-state index is 12.1. The number of carbonyl (C=O) groups is 3. The lowest BCUT2D eigenvalue weighted by molar-refractivity contribution is -0.142. The Morgan fingerprint density at radius 2 is 1.63 bits per heavy atom. The molecule has 0 amide bonds. The van der Waals surface area contributed by atoms with E-state index in [1.807, 2.05) is 30.3 Å². The number of carboxylic acids is 1. The van der Waals surface area contributed by atoms with Gasteiger partial charge in [0.05, 0.1) is 0 Å². The highest BCUT2D eigenvalue weighted by molar-refractivity contribution is 6.01. The van der Waals surface area contributed by atoms with Crippen LogP contribution in [0.1, 0.15) is 42.8 Å². The molecule has 0 fully saturated rings. The Morgan fingerprint density at radius 1 is 1.03 bits per heavy atom. The Bertz CT molecular complexity index is 922. The van der Waals surface area contributed by atoms with E-state index in [9.17, 15) is 19.5 Å². The summed E-state index contributed by atoms with van der Waals surface area (Å²) in [6.45, 7) is 4.05. The predicted molar refractivity (Wildman–Crippen MR) is 109 cm³/mol. The number of hydrogen-bond acceptors (Lipinski definition) is 6. The quantitative estimate of drug-likeness (QED) is 0.369. The van der Waals surface area contributed by atoms with E-state index >= 15 is 0 Å². The Hall–Kier alpha value is -3.45. The van der Waals surface area contributed by atoms with Crippen molar-refractivity contribution in [3.05, 3.63) is 77.4 Å². The molecule has 1 unspecified atom stereocenters. The lowest BCUT2D eigenvalue weighted by Crippen LogP contribution is -2.31. The van der Waals surface area contributed by atoms with Gasteiger partial charge in [-0.05, 0) is 50.6 Å². The van der Waals surface area contributed by atoms with E-state index in [1.54, 1.807) is 24.3 Å². The van der Waals surface area contributed by atoms with Crippen LogP contribution >= 0.6 is 0 Å². The van der Waals surface area contributed by atoms with Crippen LogP contribution in [-0.4, -0.2) is 40.1 Å². The van der Waals surface area contributed by atoms with E-state index in [0.29, 0.717) is 11.3 Å². The Morgan fingerprint density at radius 3 is 2.17 bits per heavy atom. The minimum atomic E-state index is -1.48. The van der Waals surface area contributed by atoms with Gasteiger partial charge in [-0.3, -0.25) is 4.79 Å². The summed E-state index contributed by atoms with van der Waals surface area (Å²) < 4.78 is 11.2. The van der Waals surface area contributed by atoms with Crippen LogP contribution < -0.4 is 4.74 Å². The van der Waals surface area contributed by atoms with Crippen molar-refractivity contribution in [1.29, 1.82) is 0 Å². The second kappa shape index (κ2) is 9.84. The summed E-state index contributed by atoms with van der Waals surface area (Å²) in [5.74, 6) is -1.97. The van der Waals surface area contributed by atoms with Crippen molar-refractivity contribution in [2.24, 2.45) is 0 Å². The number of rotatable bonds is 9. The second-order valence-electron chi connectivity index (χ2n) is 7.19. The highest BCUT2D eigenvalue weighted by Gasteiger charge is 2.25. The number of esters is 1. The average molecular weight is 412 g/mol. The fourth-order valence-electron chi connectivity index (χ4n) is 2.58. The molecule has 1 atom stereocenters. The number of aliphatic hydroxyl groups is 1. The second-order valence-corrected chi connectivity index (χ2v) is 7.19. The van der Waals surface area contributed by atoms with Crippen molar-refractivity contribution in [2.45, 2.75) is 32.5 Å². The van der Waals surface area contributed by atoms with Crippen LogP contribution in [0.4, 0.5) is 0 Å². The van der Waals surface area contributed by atoms with Gasteiger partial charge in [-0.25, -0.2) is 9.59 Å². The van der Waals surface area contributed by atoms with Crippen LogP contribution in [0.5, 0.6) is 5.75 Å². The lowest BCUT2D eigenvalue weighted by Gasteiger charge is -2.20. The molecule has 0 spiro atoms. The topological polar surface area (TPSA) is 110 Å². The number of hydrogen-bond donors (Lipinski definition) is 2. The standard InChI is InChI=1S/C23H24O7/c1-15(13-20(24)25)22(27)29-14-19(16-7-5-4-6-8-16)30-18-11-9-17(10-12-18)21(26)23(2,3)28/h4-13,19,28H,14H2,1-3H3,(H,24,25)/b15-13+. The number of ether oxygens (including phenoxy) is 2. The molecule has 7 nitrogen and oxygen atoms in total. The van der Waals surface area contributed by atoms with Crippen molar-refractivity contribution in [2.75, 3.05) is 6.61 Å². The van der Waals surface area contributed by atoms with Gasteiger partial charge in [0.1, 0.15) is 18.0 Å². The molecule has 2 aromatic carbocycles. The normalized spacial score (nSPS) is 12.7. The van der Waals surface area contributed by atoms with E-state index in [0.717, 1.165) is 11.6 Å². The van der Waals surface area contributed by atoms with Crippen LogP contribution in [0.3, 0.4) is 0 Å². The first kappa shape index (κ1) is 22.8. The molecule has 0 aliphatic heterocycles. The van der Waals surface area contributed by atoms with E-state index in [4.69, 9.17) is 14.6 Å². The molecule has 0 aliphatic rings. The monoisotopic (exact) mass is 412 g/mol. The van der Waals surface area contributed by atoms with Crippen molar-refractivity contribution < 1.29 is 34.1 Å². The molecule has 2 rings (SSSR count). The summed E-state index contributed by atoms with van der Waals surface area (Å²) in [5.41, 5.74) is -0.428. The van der Waals surface area contributed by atoms with E-state index in [2.05, 4.69) is 0 Å². The molecule has 2 aromatic rings. The molecule has 0 radical (unpaired) electrons. The molecule has 30 heavy (non-hydrogen) atoms. The average Bonchev–Trinajstić information content (AvgIpc) is 2.70. The fourth-order valence-corrected chi connectivity index (χ4v) is 2.58. The number of carboxylic acid groups (broad SMARTS) is 1. The number of ketones is 1. The van der Waals surface area contributed by atoms with Crippen LogP contribution in [0.25, 0.3) is 0 Å². The molecule has 0 saturated heterocycles. The first-order valence-corrected chi connectivity index (χ1v) is 9.25. The maximum atomic E-state index is 12.1. The SMILES string of the molecule is C/C(=C\C(=O)O)C(=O)OCC(Oc1ccc(C(=O)C(C)(C)O)cc1)c1ccccc1. The van der Waals surface area contributed by atoms with Gasteiger partial charge in [-0.2, -0.15) is 0 Å². The van der Waals surface area contributed by atoms with Crippen LogP contribution in [0.15, 0.2) is 66.2 Å². The first-order valence-electron chi connectivity index (χ1n) is 9.25. The number of carbonyl (C=O) groups excluding carboxylic acids is 2. The zero-order chi connectivity index (χ0) is 22.3. The van der Waals surface area contributed by atoms with Gasteiger partial charge in [-0.1, -0.05) is 30.3 Å². The van der Waals surface area contributed by atoms with Crippen LogP contribution in [0, 0.1) is 0 Å². The van der Waals surface area contributed by atoms with Crippen molar-refractivity contribution in [1.82, 2.24) is 0 Å². The molecule has 0 bridgehead atoms. The molecular formula is C23H24O7. The predicted octanol–water partition coefficient (Wildman–Crippen LogP) is 3.33. The minimum absolute atomic E-state index is 0.0382. The largest absolute Gasteiger partial charge is 0.482 e. The molecule has 0 aliphatic carbocycles. The van der Waals surface area contributed by atoms with Crippen molar-refractivity contribution in [3.8, 4) is 5.75 Å². The fraction of sp³-hybridized carbons (Fsp3) is 0.261. The summed E-state index contributed by atoms with van der Waals surface area (Å²) in [6, 6.07) is 15.4. The molecule has 2 N–H and O–H groups in total. The summed E-state index contributed by atoms with van der Waals surface area (Å²) in [7, 11) is 0. The van der Waals surface area contributed by atoms with Gasteiger partial charge in [0.25, 0.3) is 0 Å². The van der Waals surface area contributed by atoms with Crippen LogP contribution in [-0.2, 0) is 14.3 Å². The third-order valence-electron chi connectivity index (χ3n) is 4.15. The molecule has 0 saturated carbocycles. The zero-order valence-corrected chi connectivity index (χ0v) is 17.0. The highest BCUT2D eigenvalue weighted by Crippen LogP contribution is 2.24. The molecule has 0 heterocycles. The van der Waals surface area contributed by atoms with E-state index in [1.165, 1.54) is 20.8 Å². The zero-order valence-electron chi connectivity index (χ0n) is 17.0. The van der Waals surface area contributed by atoms with Gasteiger partial charge in [0.2, 0.25) is 0 Å². The Labute approximate surface area is 174 Å². The number of benzene rings is 2. The third kappa shape index (κ3) is 6.56. The third-order valence-corrected chi connectivity index (χ3v) is 4.15. The van der Waals surface area contributed by atoms with Crippen molar-refractivity contribution >= 4 is 17.7 Å². The summed E-state index contributed by atoms with van der Waals surface area (Å²) >= 11 is 0. The smallest absolute Gasteiger partial charge is 0.334 e. The maximum Gasteiger partial charge on any atom is 0.334 e. The van der Waals surface area contributed by atoms with Crippen molar-refractivity contribution in [3.63, 3.8) is 0 Å². The van der Waals surface area contributed by atoms with Gasteiger partial charge < -0.3 is 19.7 Å². The molecule has 0 aromatic heterocycles. The molecule has 7 heteroatoms. The van der Waals surface area contributed by atoms with Gasteiger partial charge >= 0.3 is 11.9 Å². The van der Waals surface area contributed by atoms with E-state index < -0.39 is 29.4 Å². The first-order chi connectivity index (χ1) is 14.1. The number of Topliss-reactive ketones (excluding diaryl/α,β-unsaturated/α-hetero) is 1. The summed E-state index contributed by atoms with van der Waals surface area (Å²) in [4.78, 5) is 34.9. The highest BCUT2D eigenvalue weighted by atomic mass is 16.6. The lowest BCUT2D eigenvalue weighted by atomic mass is 9.97. The Balaban J connectivity index is 2.16. The van der Waals surface area contributed by atoms with Gasteiger partial charge in [0, 0.05) is 17.2 Å². The molecule has 158 valence electrons. The van der Waals surface area contributed by atoms with E-state index in [-0.39, 0.29) is 12.2 Å². The Kier molecular flexibility index (Phi) is 7.49. The van der Waals surface area contributed by atoms with Gasteiger partial charge in [0.15, 0.2) is 11.9 Å². The van der Waals surface area contributed by atoms with Gasteiger partial charge in [-0.15, -0.1) is 0 Å².